The zero-order chi connectivity index (χ0) is 23.7. The predicted octanol–water partition coefficient (Wildman–Crippen LogP) is 4.54. The van der Waals surface area contributed by atoms with E-state index in [4.69, 9.17) is 5.73 Å². The fourth-order valence-corrected chi connectivity index (χ4v) is 3.66. The average molecular weight is 451 g/mol. The minimum atomic E-state index is -0.742. The number of nitrogen functional groups attached to an aromatic ring is 1. The van der Waals surface area contributed by atoms with E-state index < -0.39 is 28.5 Å². The molecule has 0 aliphatic carbocycles. The second-order valence-electron chi connectivity index (χ2n) is 7.72. The van der Waals surface area contributed by atoms with E-state index in [-0.39, 0.29) is 23.7 Å². The van der Waals surface area contributed by atoms with Crippen molar-refractivity contribution in [2.45, 2.75) is 19.5 Å². The fourth-order valence-electron chi connectivity index (χ4n) is 3.66. The molecule has 5 nitrogen and oxygen atoms in total. The topological polar surface area (TPSA) is 84.2 Å². The molecule has 0 saturated heterocycles. The Hall–Kier alpha value is -3.91. The lowest BCUT2D eigenvalue weighted by Gasteiger charge is -2.21. The van der Waals surface area contributed by atoms with E-state index in [0.717, 1.165) is 17.2 Å². The molecule has 4 rings (SSSR count). The van der Waals surface area contributed by atoms with Crippen molar-refractivity contribution < 1.29 is 13.2 Å². The van der Waals surface area contributed by atoms with Crippen LogP contribution in [0.2, 0.25) is 0 Å². The Bertz CT molecular complexity index is 1370. The standard InChI is InChI=1S/C25H20F3N3O2/c1-13(15-9-17(27)11-18(28)10-15)30-12-20-19(14-5-7-16(26)8-6-14)3-2-4-21(20)31-23-22(29)24(32)25(23)33/h2-11,13,30-31H,12,29H2,1H3. The smallest absolute Gasteiger partial charge is 0.253 e. The maximum atomic E-state index is 13.6. The molecule has 0 heterocycles. The first-order chi connectivity index (χ1) is 15.7. The summed E-state index contributed by atoms with van der Waals surface area (Å²) < 4.78 is 40.7. The molecular weight excluding hydrogens is 431 g/mol. The third-order valence-corrected chi connectivity index (χ3v) is 5.51. The minimum absolute atomic E-state index is 0.0118. The summed E-state index contributed by atoms with van der Waals surface area (Å²) in [6.45, 7) is 1.99. The van der Waals surface area contributed by atoms with Crippen molar-refractivity contribution >= 4 is 17.1 Å². The van der Waals surface area contributed by atoms with Crippen LogP contribution in [-0.4, -0.2) is 0 Å². The van der Waals surface area contributed by atoms with E-state index in [2.05, 4.69) is 10.6 Å². The van der Waals surface area contributed by atoms with Crippen LogP contribution in [0.15, 0.2) is 70.3 Å². The van der Waals surface area contributed by atoms with Gasteiger partial charge in [0.15, 0.2) is 0 Å². The summed E-state index contributed by atoms with van der Waals surface area (Å²) in [5.41, 5.74) is 7.18. The Balaban J connectivity index is 1.70. The summed E-state index contributed by atoms with van der Waals surface area (Å²) in [6.07, 6.45) is 0. The van der Waals surface area contributed by atoms with Crippen LogP contribution in [-0.2, 0) is 6.54 Å². The highest BCUT2D eigenvalue weighted by Crippen LogP contribution is 2.32. The van der Waals surface area contributed by atoms with Crippen molar-refractivity contribution in [1.29, 1.82) is 0 Å². The van der Waals surface area contributed by atoms with Gasteiger partial charge in [0.2, 0.25) is 0 Å². The molecule has 4 aromatic rings. The van der Waals surface area contributed by atoms with Gasteiger partial charge in [-0.25, -0.2) is 13.2 Å². The molecule has 1 unspecified atom stereocenters. The van der Waals surface area contributed by atoms with Gasteiger partial charge in [-0.1, -0.05) is 24.3 Å². The molecule has 0 radical (unpaired) electrons. The number of rotatable bonds is 7. The molecule has 168 valence electrons. The van der Waals surface area contributed by atoms with Crippen LogP contribution in [0, 0.1) is 17.5 Å². The third-order valence-electron chi connectivity index (χ3n) is 5.51. The molecule has 4 N–H and O–H groups in total. The van der Waals surface area contributed by atoms with Gasteiger partial charge in [0.05, 0.1) is 0 Å². The highest BCUT2D eigenvalue weighted by atomic mass is 19.1. The van der Waals surface area contributed by atoms with Crippen LogP contribution in [0.1, 0.15) is 24.1 Å². The summed E-state index contributed by atoms with van der Waals surface area (Å²) in [5, 5.41) is 6.16. The number of halogens is 3. The monoisotopic (exact) mass is 451 g/mol. The first kappa shape index (κ1) is 22.3. The minimum Gasteiger partial charge on any atom is -0.394 e. The van der Waals surface area contributed by atoms with E-state index >= 15 is 0 Å². The van der Waals surface area contributed by atoms with E-state index in [9.17, 15) is 22.8 Å². The van der Waals surface area contributed by atoms with Gasteiger partial charge in [-0.3, -0.25) is 9.59 Å². The molecule has 0 bridgehead atoms. The maximum absolute atomic E-state index is 13.6. The average Bonchev–Trinajstić information content (AvgIpc) is 2.80. The highest BCUT2D eigenvalue weighted by molar-refractivity contribution is 5.81. The Morgan fingerprint density at radius 3 is 2.18 bits per heavy atom. The molecule has 0 saturated carbocycles. The van der Waals surface area contributed by atoms with Crippen LogP contribution < -0.4 is 27.2 Å². The van der Waals surface area contributed by atoms with Crippen molar-refractivity contribution in [1.82, 2.24) is 5.32 Å². The van der Waals surface area contributed by atoms with Crippen LogP contribution in [0.4, 0.5) is 30.2 Å². The molecule has 0 aliphatic heterocycles. The van der Waals surface area contributed by atoms with Crippen molar-refractivity contribution in [3.63, 3.8) is 0 Å². The first-order valence-corrected chi connectivity index (χ1v) is 10.2. The molecule has 0 spiro atoms. The van der Waals surface area contributed by atoms with Crippen LogP contribution >= 0.6 is 0 Å². The van der Waals surface area contributed by atoms with E-state index in [1.807, 2.05) is 6.07 Å². The number of nitrogens with one attached hydrogen (secondary N) is 2. The highest BCUT2D eigenvalue weighted by Gasteiger charge is 2.20. The van der Waals surface area contributed by atoms with Crippen molar-refractivity contribution in [2.75, 3.05) is 11.1 Å². The zero-order valence-corrected chi connectivity index (χ0v) is 17.6. The summed E-state index contributed by atoms with van der Waals surface area (Å²) >= 11 is 0. The Morgan fingerprint density at radius 1 is 0.879 bits per heavy atom. The molecular formula is C25H20F3N3O2. The Labute approximate surface area is 187 Å². The quantitative estimate of drug-likeness (QED) is 0.359. The van der Waals surface area contributed by atoms with Gasteiger partial charge in [0.1, 0.15) is 28.8 Å². The lowest BCUT2D eigenvalue weighted by atomic mass is 9.97. The summed E-state index contributed by atoms with van der Waals surface area (Å²) in [4.78, 5) is 23.4. The van der Waals surface area contributed by atoms with E-state index in [1.54, 1.807) is 31.2 Å². The molecule has 8 heteroatoms. The van der Waals surface area contributed by atoms with Gasteiger partial charge in [-0.15, -0.1) is 0 Å². The van der Waals surface area contributed by atoms with Crippen molar-refractivity contribution in [2.24, 2.45) is 0 Å². The summed E-state index contributed by atoms with van der Waals surface area (Å²) in [5.74, 6) is -1.74. The van der Waals surface area contributed by atoms with Crippen LogP contribution in [0.25, 0.3) is 11.1 Å². The van der Waals surface area contributed by atoms with E-state index in [0.29, 0.717) is 16.8 Å². The Morgan fingerprint density at radius 2 is 1.55 bits per heavy atom. The lowest BCUT2D eigenvalue weighted by molar-refractivity contribution is 0.546. The normalized spacial score (nSPS) is 12.1. The number of nitrogens with two attached hydrogens (primary N) is 1. The molecule has 0 fully saturated rings. The third kappa shape index (κ3) is 4.51. The molecule has 33 heavy (non-hydrogen) atoms. The molecule has 0 aromatic heterocycles. The van der Waals surface area contributed by atoms with Gasteiger partial charge in [-0.2, -0.15) is 0 Å². The maximum Gasteiger partial charge on any atom is 0.253 e. The SMILES string of the molecule is CC(NCc1c(Nc2c(N)c(=O)c2=O)cccc1-c1ccc(F)cc1)c1cc(F)cc(F)c1. The molecule has 0 amide bonds. The summed E-state index contributed by atoms with van der Waals surface area (Å²) in [6, 6.07) is 14.1. The van der Waals surface area contributed by atoms with Gasteiger partial charge in [-0.05, 0) is 59.5 Å². The van der Waals surface area contributed by atoms with E-state index in [1.165, 1.54) is 24.3 Å². The van der Waals surface area contributed by atoms with Crippen LogP contribution in [0.3, 0.4) is 0 Å². The number of anilines is 3. The molecule has 4 aromatic carbocycles. The second-order valence-corrected chi connectivity index (χ2v) is 7.72. The molecule has 0 aliphatic rings. The number of hydrogen-bond acceptors (Lipinski definition) is 5. The predicted molar refractivity (Wildman–Crippen MR) is 122 cm³/mol. The van der Waals surface area contributed by atoms with Gasteiger partial charge >= 0.3 is 0 Å². The van der Waals surface area contributed by atoms with Gasteiger partial charge in [0.25, 0.3) is 10.9 Å². The van der Waals surface area contributed by atoms with Crippen molar-refractivity contribution in [3.05, 3.63) is 110 Å². The number of benzene rings is 3. The first-order valence-electron chi connectivity index (χ1n) is 10.2. The fraction of sp³-hybridized carbons (Fsp3) is 0.120. The van der Waals surface area contributed by atoms with Gasteiger partial charge < -0.3 is 16.4 Å². The zero-order valence-electron chi connectivity index (χ0n) is 17.6. The lowest BCUT2D eigenvalue weighted by Crippen LogP contribution is -2.36. The van der Waals surface area contributed by atoms with Crippen LogP contribution in [0.5, 0.6) is 0 Å². The number of hydrogen-bond donors (Lipinski definition) is 3. The second kappa shape index (κ2) is 8.91. The Kier molecular flexibility index (Phi) is 6.02. The summed E-state index contributed by atoms with van der Waals surface area (Å²) in [7, 11) is 0. The molecule has 1 atom stereocenters. The van der Waals surface area contributed by atoms with Gasteiger partial charge in [0, 0.05) is 24.3 Å². The van der Waals surface area contributed by atoms with Crippen molar-refractivity contribution in [3.8, 4) is 11.1 Å². The largest absolute Gasteiger partial charge is 0.394 e.